The van der Waals surface area contributed by atoms with Crippen LogP contribution in [0.5, 0.6) is 0 Å². The number of hydrogen-bond acceptors (Lipinski definition) is 6. The topological polar surface area (TPSA) is 121 Å². The molecule has 0 spiro atoms. The van der Waals surface area contributed by atoms with Crippen LogP contribution < -0.4 is 5.32 Å². The lowest BCUT2D eigenvalue weighted by molar-refractivity contribution is -0.192. The molecule has 1 aromatic carbocycles. The van der Waals surface area contributed by atoms with Crippen LogP contribution in [0.3, 0.4) is 0 Å². The Morgan fingerprint density at radius 3 is 2.40 bits per heavy atom. The fourth-order valence-corrected chi connectivity index (χ4v) is 5.38. The summed E-state index contributed by atoms with van der Waals surface area (Å²) < 4.78 is 47.1. The normalized spacial score (nSPS) is 19.6. The molecule has 10 nitrogen and oxygen atoms in total. The van der Waals surface area contributed by atoms with Gasteiger partial charge in [-0.1, -0.05) is 31.4 Å². The van der Waals surface area contributed by atoms with Crippen LogP contribution in [0, 0.1) is 11.7 Å². The smallest absolute Gasteiger partial charge is 0.475 e. The van der Waals surface area contributed by atoms with Crippen molar-refractivity contribution in [2.75, 3.05) is 32.7 Å². The predicted octanol–water partition coefficient (Wildman–Crippen LogP) is 2.80. The van der Waals surface area contributed by atoms with Crippen LogP contribution in [-0.2, 0) is 22.6 Å². The van der Waals surface area contributed by atoms with Crippen molar-refractivity contribution in [2.24, 2.45) is 5.92 Å². The molecule has 14 heteroatoms. The van der Waals surface area contributed by atoms with Crippen LogP contribution in [-0.4, -0.2) is 86.4 Å². The minimum absolute atomic E-state index is 0.0256. The Bertz CT molecular complexity index is 1210. The zero-order valence-electron chi connectivity index (χ0n) is 21.9. The number of carboxylic acid groups (broad SMARTS) is 1. The van der Waals surface area contributed by atoms with Gasteiger partial charge in [0.25, 0.3) is 5.91 Å². The predicted molar refractivity (Wildman–Crippen MR) is 134 cm³/mol. The zero-order valence-corrected chi connectivity index (χ0v) is 21.9. The third kappa shape index (κ3) is 7.34. The van der Waals surface area contributed by atoms with Gasteiger partial charge in [-0.05, 0) is 36.5 Å². The van der Waals surface area contributed by atoms with Crippen molar-refractivity contribution in [1.29, 1.82) is 0 Å². The Morgan fingerprint density at radius 2 is 1.73 bits per heavy atom. The lowest BCUT2D eigenvalue weighted by atomic mass is 9.89. The summed E-state index contributed by atoms with van der Waals surface area (Å²) in [7, 11) is 0. The van der Waals surface area contributed by atoms with E-state index in [4.69, 9.17) is 9.90 Å². The number of aliphatic carboxylic acids is 1. The fraction of sp³-hybridized carbons (Fsp3) is 0.577. The molecule has 2 aromatic rings. The molecule has 1 unspecified atom stereocenters. The summed E-state index contributed by atoms with van der Waals surface area (Å²) in [6.45, 7) is 4.03. The number of fused-ring (bicyclic) bond motifs is 3. The highest BCUT2D eigenvalue weighted by molar-refractivity contribution is 5.90. The minimum atomic E-state index is -5.08. The van der Waals surface area contributed by atoms with Crippen molar-refractivity contribution in [3.63, 3.8) is 0 Å². The van der Waals surface area contributed by atoms with Crippen molar-refractivity contribution in [1.82, 2.24) is 29.9 Å². The van der Waals surface area contributed by atoms with E-state index < -0.39 is 12.1 Å². The first-order valence-corrected chi connectivity index (χ1v) is 13.3. The number of amides is 2. The van der Waals surface area contributed by atoms with E-state index in [0.717, 1.165) is 18.9 Å². The van der Waals surface area contributed by atoms with E-state index in [1.165, 1.54) is 44.2 Å². The Labute approximate surface area is 228 Å². The molecule has 1 atom stereocenters. The van der Waals surface area contributed by atoms with Gasteiger partial charge >= 0.3 is 12.1 Å². The first-order chi connectivity index (χ1) is 19.0. The average molecular weight is 569 g/mol. The first-order valence-electron chi connectivity index (χ1n) is 13.3. The molecule has 1 saturated heterocycles. The van der Waals surface area contributed by atoms with Crippen molar-refractivity contribution >= 4 is 17.8 Å². The summed E-state index contributed by atoms with van der Waals surface area (Å²) in [5.41, 5.74) is 0.672. The van der Waals surface area contributed by atoms with E-state index in [2.05, 4.69) is 20.4 Å². The molecule has 0 radical (unpaired) electrons. The van der Waals surface area contributed by atoms with Gasteiger partial charge in [0.05, 0.1) is 12.5 Å². The van der Waals surface area contributed by atoms with Crippen molar-refractivity contribution in [3.8, 4) is 0 Å². The van der Waals surface area contributed by atoms with Crippen LogP contribution in [0.4, 0.5) is 17.6 Å². The SMILES string of the molecule is O=C(NCC1CCCCC1)c1nnc2n1CCN1CCN(C(=O)Cc3cccc(F)c3)CC21.O=C(O)C(F)(F)F. The van der Waals surface area contributed by atoms with Gasteiger partial charge in [-0.25, -0.2) is 9.18 Å². The van der Waals surface area contributed by atoms with Crippen molar-refractivity contribution in [2.45, 2.75) is 57.3 Å². The number of aromatic nitrogens is 3. The maximum absolute atomic E-state index is 13.5. The van der Waals surface area contributed by atoms with Gasteiger partial charge in [0.2, 0.25) is 11.7 Å². The van der Waals surface area contributed by atoms with E-state index >= 15 is 0 Å². The highest BCUT2D eigenvalue weighted by Gasteiger charge is 2.39. The molecule has 218 valence electrons. The number of halogens is 4. The Hall–Kier alpha value is -3.55. The van der Waals surface area contributed by atoms with Gasteiger partial charge in [-0.15, -0.1) is 10.2 Å². The number of carboxylic acids is 1. The number of nitrogens with zero attached hydrogens (tertiary/aromatic N) is 5. The number of rotatable bonds is 5. The molecule has 1 aromatic heterocycles. The standard InChI is InChI=1S/C24H31FN6O2.C2HF3O2/c25-19-8-4-7-18(13-19)14-21(32)30-10-9-29-11-12-31-22(20(29)16-30)27-28-23(31)24(33)26-15-17-5-2-1-3-6-17;3-2(4,5)1(6)7/h4,7-8,13,17,20H,1-3,5-6,9-12,14-16H2,(H,26,33);(H,6,7). The second-order valence-corrected chi connectivity index (χ2v) is 10.2. The monoisotopic (exact) mass is 568 g/mol. The summed E-state index contributed by atoms with van der Waals surface area (Å²) in [6, 6.07) is 6.09. The third-order valence-electron chi connectivity index (χ3n) is 7.50. The maximum Gasteiger partial charge on any atom is 0.490 e. The molecular weight excluding hydrogens is 536 g/mol. The van der Waals surface area contributed by atoms with E-state index in [1.807, 2.05) is 9.47 Å². The Kier molecular flexibility index (Phi) is 9.38. The summed E-state index contributed by atoms with van der Waals surface area (Å²) >= 11 is 0. The Balaban J connectivity index is 0.000000470. The molecule has 0 bridgehead atoms. The molecule has 3 heterocycles. The molecular formula is C26H32F4N6O4. The van der Waals surface area contributed by atoms with E-state index in [0.29, 0.717) is 43.5 Å². The molecule has 3 aliphatic rings. The van der Waals surface area contributed by atoms with Crippen LogP contribution in [0.2, 0.25) is 0 Å². The number of hydrogen-bond donors (Lipinski definition) is 2. The van der Waals surface area contributed by atoms with Gasteiger partial charge in [0, 0.05) is 39.3 Å². The molecule has 2 amide bonds. The molecule has 5 rings (SSSR count). The van der Waals surface area contributed by atoms with Crippen molar-refractivity contribution < 1.29 is 37.1 Å². The number of benzene rings is 1. The van der Waals surface area contributed by atoms with E-state index in [-0.39, 0.29) is 30.1 Å². The Morgan fingerprint density at radius 1 is 1.02 bits per heavy atom. The highest BCUT2D eigenvalue weighted by atomic mass is 19.4. The van der Waals surface area contributed by atoms with Gasteiger partial charge in [-0.2, -0.15) is 13.2 Å². The quantitative estimate of drug-likeness (QED) is 0.533. The lowest BCUT2D eigenvalue weighted by Gasteiger charge is -2.43. The van der Waals surface area contributed by atoms with Crippen LogP contribution in [0.15, 0.2) is 24.3 Å². The number of carbonyl (C=O) groups is 3. The van der Waals surface area contributed by atoms with E-state index in [1.54, 1.807) is 12.1 Å². The number of piperazine rings is 1. The minimum Gasteiger partial charge on any atom is -0.475 e. The molecule has 1 saturated carbocycles. The second-order valence-electron chi connectivity index (χ2n) is 10.2. The average Bonchev–Trinajstić information content (AvgIpc) is 3.37. The molecule has 40 heavy (non-hydrogen) atoms. The van der Waals surface area contributed by atoms with Gasteiger partial charge in [0.1, 0.15) is 5.82 Å². The third-order valence-corrected chi connectivity index (χ3v) is 7.50. The highest BCUT2D eigenvalue weighted by Crippen LogP contribution is 2.29. The van der Waals surface area contributed by atoms with Gasteiger partial charge < -0.3 is 19.9 Å². The molecule has 2 fully saturated rings. The largest absolute Gasteiger partial charge is 0.490 e. The van der Waals surface area contributed by atoms with E-state index in [9.17, 15) is 27.2 Å². The molecule has 2 N–H and O–H groups in total. The lowest BCUT2D eigenvalue weighted by Crippen LogP contribution is -2.54. The van der Waals surface area contributed by atoms with Gasteiger partial charge in [0.15, 0.2) is 5.82 Å². The summed E-state index contributed by atoms with van der Waals surface area (Å²) in [4.78, 5) is 38.8. The van der Waals surface area contributed by atoms with Gasteiger partial charge in [-0.3, -0.25) is 14.5 Å². The van der Waals surface area contributed by atoms with Crippen LogP contribution >= 0.6 is 0 Å². The maximum atomic E-state index is 13.5. The summed E-state index contributed by atoms with van der Waals surface area (Å²) in [5.74, 6) is -1.62. The van der Waals surface area contributed by atoms with Crippen LogP contribution in [0.25, 0.3) is 0 Å². The fourth-order valence-electron chi connectivity index (χ4n) is 5.38. The first kappa shape index (κ1) is 29.4. The number of nitrogens with one attached hydrogen (secondary N) is 1. The zero-order chi connectivity index (χ0) is 28.9. The number of alkyl halides is 3. The summed E-state index contributed by atoms with van der Waals surface area (Å²) in [6.07, 6.45) is 1.22. The molecule has 1 aliphatic carbocycles. The molecule has 2 aliphatic heterocycles. The number of carbonyl (C=O) groups excluding carboxylic acids is 2. The van der Waals surface area contributed by atoms with Crippen molar-refractivity contribution in [3.05, 3.63) is 47.3 Å². The van der Waals surface area contributed by atoms with Crippen LogP contribution in [0.1, 0.15) is 60.2 Å². The summed E-state index contributed by atoms with van der Waals surface area (Å²) in [5, 5.41) is 18.8. The second kappa shape index (κ2) is 12.7.